The number of allylic oxidation sites excluding steroid dienone is 12. The number of rotatable bonds is 44. The lowest BCUT2D eigenvalue weighted by Gasteiger charge is -2.39. The Hall–Kier alpha value is -2.86. The predicted octanol–water partition coefficient (Wildman–Crippen LogP) is 12.7. The Morgan fingerprint density at radius 3 is 1.35 bits per heavy atom. The van der Waals surface area contributed by atoms with Gasteiger partial charge in [-0.3, -0.25) is 9.59 Å². The van der Waals surface area contributed by atoms with Gasteiger partial charge in [0.05, 0.1) is 13.2 Å². The molecule has 0 bridgehead atoms. The maximum absolute atomic E-state index is 12.9. The Morgan fingerprint density at radius 2 is 0.894 bits per heavy atom. The highest BCUT2D eigenvalue weighted by molar-refractivity contribution is 5.70. The largest absolute Gasteiger partial charge is 0.462 e. The summed E-state index contributed by atoms with van der Waals surface area (Å²) in [6.45, 7) is 3.30. The topological polar surface area (TPSA) is 152 Å². The number of aliphatic hydroxyl groups excluding tert-OH is 4. The van der Waals surface area contributed by atoms with Crippen LogP contribution in [0, 0.1) is 0 Å². The molecule has 1 rings (SSSR count). The highest BCUT2D eigenvalue weighted by Gasteiger charge is 2.44. The van der Waals surface area contributed by atoms with E-state index in [0.717, 1.165) is 83.5 Å². The monoisotopic (exact) mass is 929 g/mol. The van der Waals surface area contributed by atoms with E-state index in [4.69, 9.17) is 18.9 Å². The average Bonchev–Trinajstić information content (AvgIpc) is 3.32. The molecule has 10 nitrogen and oxygen atoms in total. The zero-order valence-corrected chi connectivity index (χ0v) is 41.7. The van der Waals surface area contributed by atoms with Crippen LogP contribution in [0.1, 0.15) is 213 Å². The van der Waals surface area contributed by atoms with Crippen LogP contribution < -0.4 is 0 Å². The minimum Gasteiger partial charge on any atom is -0.462 e. The molecule has 1 saturated heterocycles. The molecule has 380 valence electrons. The van der Waals surface area contributed by atoms with E-state index in [1.54, 1.807) is 0 Å². The smallest absolute Gasteiger partial charge is 0.306 e. The van der Waals surface area contributed by atoms with Gasteiger partial charge in [0.1, 0.15) is 31.0 Å². The summed E-state index contributed by atoms with van der Waals surface area (Å²) in [4.78, 5) is 25.5. The Balaban J connectivity index is 2.26. The van der Waals surface area contributed by atoms with Crippen LogP contribution in [-0.4, -0.2) is 89.0 Å². The van der Waals surface area contributed by atoms with Gasteiger partial charge < -0.3 is 39.4 Å². The molecular formula is C56H96O10. The number of hydrogen-bond donors (Lipinski definition) is 4. The van der Waals surface area contributed by atoms with E-state index in [1.807, 2.05) is 0 Å². The highest BCUT2D eigenvalue weighted by Crippen LogP contribution is 2.23. The first-order chi connectivity index (χ1) is 32.3. The van der Waals surface area contributed by atoms with Gasteiger partial charge in [0.25, 0.3) is 0 Å². The van der Waals surface area contributed by atoms with Gasteiger partial charge in [-0.15, -0.1) is 0 Å². The van der Waals surface area contributed by atoms with Crippen LogP contribution in [0.4, 0.5) is 0 Å². The van der Waals surface area contributed by atoms with Crippen molar-refractivity contribution in [1.29, 1.82) is 0 Å². The van der Waals surface area contributed by atoms with Gasteiger partial charge in [-0.2, -0.15) is 0 Å². The Labute approximate surface area is 402 Å². The molecule has 1 fully saturated rings. The van der Waals surface area contributed by atoms with Gasteiger partial charge in [0.15, 0.2) is 12.4 Å². The van der Waals surface area contributed by atoms with Gasteiger partial charge >= 0.3 is 11.9 Å². The predicted molar refractivity (Wildman–Crippen MR) is 270 cm³/mol. The van der Waals surface area contributed by atoms with Crippen molar-refractivity contribution in [3.8, 4) is 0 Å². The molecule has 0 saturated carbocycles. The molecule has 0 amide bonds. The third kappa shape index (κ3) is 36.2. The van der Waals surface area contributed by atoms with Crippen molar-refractivity contribution < 1.29 is 49.0 Å². The van der Waals surface area contributed by atoms with Gasteiger partial charge in [-0.05, 0) is 83.5 Å². The first kappa shape index (κ1) is 61.2. The van der Waals surface area contributed by atoms with Crippen molar-refractivity contribution in [1.82, 2.24) is 0 Å². The summed E-state index contributed by atoms with van der Waals surface area (Å²) in [5.74, 6) is -0.820. The standard InChI is InChI=1S/C56H96O10/c1-3-5-7-9-11-13-15-17-19-21-23-24-25-26-27-29-31-33-35-37-39-41-43-45-52(59)65-49(48-64-56-55(62)54(61)53(60)50(46-57)66-56)47-63-51(58)44-42-40-38-36-34-32-30-28-22-20-18-16-14-12-10-8-6-4-2/h5,7,11,13-14,16-17,19-20,22-24,49-50,53-57,60-62H,3-4,6,8-10,12,15,18,21,25-48H2,1-2H3/b7-5-,13-11-,16-14-,19-17-,22-20-,24-23-. The molecule has 0 aromatic rings. The van der Waals surface area contributed by atoms with Crippen molar-refractivity contribution in [3.63, 3.8) is 0 Å². The van der Waals surface area contributed by atoms with E-state index >= 15 is 0 Å². The van der Waals surface area contributed by atoms with Crippen LogP contribution in [-0.2, 0) is 28.5 Å². The molecule has 0 aliphatic carbocycles. The van der Waals surface area contributed by atoms with E-state index < -0.39 is 49.4 Å². The summed E-state index contributed by atoms with van der Waals surface area (Å²) in [5.41, 5.74) is 0. The summed E-state index contributed by atoms with van der Waals surface area (Å²) < 4.78 is 22.3. The van der Waals surface area contributed by atoms with Crippen LogP contribution in [0.25, 0.3) is 0 Å². The normalized spacial score (nSPS) is 19.8. The maximum atomic E-state index is 12.9. The number of esters is 2. The van der Waals surface area contributed by atoms with Crippen LogP contribution in [0.3, 0.4) is 0 Å². The molecular weight excluding hydrogens is 833 g/mol. The van der Waals surface area contributed by atoms with Gasteiger partial charge in [0, 0.05) is 12.8 Å². The van der Waals surface area contributed by atoms with E-state index in [1.165, 1.54) is 89.9 Å². The Kier molecular flexibility index (Phi) is 42.5. The third-order valence-corrected chi connectivity index (χ3v) is 11.8. The fourth-order valence-corrected chi connectivity index (χ4v) is 7.68. The SMILES string of the molecule is CC/C=C\C/C=C\C/C=C\C/C=C\CCCCCCCCCCCCC(=O)OC(COC(=O)CCCCCCCCC/C=C\C/C=C\CCCCCC)COC1OC(CO)C(O)C(O)C1O. The lowest BCUT2D eigenvalue weighted by Crippen LogP contribution is -2.59. The fourth-order valence-electron chi connectivity index (χ4n) is 7.68. The number of aliphatic hydroxyl groups is 4. The average molecular weight is 929 g/mol. The van der Waals surface area contributed by atoms with Crippen LogP contribution in [0.5, 0.6) is 0 Å². The van der Waals surface area contributed by atoms with E-state index in [-0.39, 0.29) is 32.0 Å². The zero-order valence-electron chi connectivity index (χ0n) is 41.7. The minimum absolute atomic E-state index is 0.220. The van der Waals surface area contributed by atoms with E-state index in [2.05, 4.69) is 86.8 Å². The summed E-state index contributed by atoms with van der Waals surface area (Å²) in [7, 11) is 0. The molecule has 66 heavy (non-hydrogen) atoms. The first-order valence-corrected chi connectivity index (χ1v) is 26.5. The second kappa shape index (κ2) is 45.9. The highest BCUT2D eigenvalue weighted by atomic mass is 16.7. The summed E-state index contributed by atoms with van der Waals surface area (Å²) in [6.07, 6.45) is 51.9. The van der Waals surface area contributed by atoms with Crippen molar-refractivity contribution in [2.24, 2.45) is 0 Å². The lowest BCUT2D eigenvalue weighted by molar-refractivity contribution is -0.305. The molecule has 6 atom stereocenters. The Bertz CT molecular complexity index is 1300. The van der Waals surface area contributed by atoms with Crippen molar-refractivity contribution in [2.45, 2.75) is 250 Å². The number of ether oxygens (including phenoxy) is 4. The molecule has 0 aromatic carbocycles. The van der Waals surface area contributed by atoms with Crippen LogP contribution in [0.2, 0.25) is 0 Å². The first-order valence-electron chi connectivity index (χ1n) is 26.5. The second-order valence-electron chi connectivity index (χ2n) is 17.9. The zero-order chi connectivity index (χ0) is 48.0. The van der Waals surface area contributed by atoms with E-state index in [9.17, 15) is 30.0 Å². The summed E-state index contributed by atoms with van der Waals surface area (Å²) >= 11 is 0. The van der Waals surface area contributed by atoms with Gasteiger partial charge in [-0.25, -0.2) is 0 Å². The molecule has 0 spiro atoms. The van der Waals surface area contributed by atoms with Crippen LogP contribution >= 0.6 is 0 Å². The molecule has 1 aliphatic heterocycles. The molecule has 10 heteroatoms. The van der Waals surface area contributed by atoms with Crippen molar-refractivity contribution >= 4 is 11.9 Å². The number of carbonyl (C=O) groups excluding carboxylic acids is 2. The number of unbranched alkanes of at least 4 members (excludes halogenated alkanes) is 21. The third-order valence-electron chi connectivity index (χ3n) is 11.8. The molecule has 1 aliphatic rings. The minimum atomic E-state index is -1.60. The van der Waals surface area contributed by atoms with Gasteiger partial charge in [0.2, 0.25) is 0 Å². The molecule has 6 unspecified atom stereocenters. The fraction of sp³-hybridized carbons (Fsp3) is 0.750. The van der Waals surface area contributed by atoms with Crippen molar-refractivity contribution in [3.05, 3.63) is 72.9 Å². The lowest BCUT2D eigenvalue weighted by atomic mass is 9.99. The van der Waals surface area contributed by atoms with Crippen molar-refractivity contribution in [2.75, 3.05) is 19.8 Å². The molecule has 1 heterocycles. The summed E-state index contributed by atoms with van der Waals surface area (Å²) in [6, 6.07) is 0. The maximum Gasteiger partial charge on any atom is 0.306 e. The van der Waals surface area contributed by atoms with Crippen LogP contribution in [0.15, 0.2) is 72.9 Å². The second-order valence-corrected chi connectivity index (χ2v) is 17.9. The quantitative estimate of drug-likeness (QED) is 0.0264. The van der Waals surface area contributed by atoms with Gasteiger partial charge in [-0.1, -0.05) is 189 Å². The van der Waals surface area contributed by atoms with E-state index in [0.29, 0.717) is 12.8 Å². The Morgan fingerprint density at radius 1 is 0.485 bits per heavy atom. The number of carbonyl (C=O) groups is 2. The summed E-state index contributed by atoms with van der Waals surface area (Å²) in [5, 5.41) is 40.2. The molecule has 0 aromatic heterocycles. The number of hydrogen-bond acceptors (Lipinski definition) is 10. The molecule has 4 N–H and O–H groups in total. The molecule has 0 radical (unpaired) electrons.